The van der Waals surface area contributed by atoms with E-state index < -0.39 is 7.82 Å². The quantitative estimate of drug-likeness (QED) is 0.0949. The van der Waals surface area contributed by atoms with Crippen LogP contribution in [0.5, 0.6) is 11.5 Å². The molecule has 0 fully saturated rings. The van der Waals surface area contributed by atoms with E-state index in [-0.39, 0.29) is 25.4 Å². The van der Waals surface area contributed by atoms with Crippen LogP contribution < -0.4 is 9.26 Å². The van der Waals surface area contributed by atoms with Crippen molar-refractivity contribution in [2.45, 2.75) is 132 Å². The lowest BCUT2D eigenvalue weighted by Crippen LogP contribution is -2.37. The molecule has 1 aromatic carbocycles. The third-order valence-electron chi connectivity index (χ3n) is 9.30. The van der Waals surface area contributed by atoms with Crippen molar-refractivity contribution in [3.05, 3.63) is 22.3 Å². The van der Waals surface area contributed by atoms with Gasteiger partial charge in [0.25, 0.3) is 0 Å². The summed E-state index contributed by atoms with van der Waals surface area (Å²) in [6, 6.07) is 0. The molecule has 0 radical (unpaired) electrons. The van der Waals surface area contributed by atoms with Gasteiger partial charge in [0.05, 0.1) is 19.8 Å². The summed E-state index contributed by atoms with van der Waals surface area (Å²) in [6.07, 6.45) is 13.3. The number of hydrogen-bond acceptors (Lipinski definition) is 7. The molecule has 1 aliphatic heterocycles. The van der Waals surface area contributed by atoms with Crippen molar-refractivity contribution in [3.63, 3.8) is 0 Å². The third-order valence-corrected chi connectivity index (χ3v) is 9.72. The Bertz CT molecular complexity index is 1020. The van der Waals surface area contributed by atoms with E-state index in [9.17, 15) is 14.4 Å². The maximum absolute atomic E-state index is 11.5. The Morgan fingerprint density at radius 2 is 1.29 bits per heavy atom. The fourth-order valence-electron chi connectivity index (χ4n) is 6.28. The Labute approximate surface area is 274 Å². The summed E-state index contributed by atoms with van der Waals surface area (Å²) in [5, 5.41) is 25.5. The molecule has 264 valence electrons. The van der Waals surface area contributed by atoms with Gasteiger partial charge in [-0.3, -0.25) is 14.7 Å². The minimum atomic E-state index is -4.61. The number of aliphatic hydroxyl groups is 3. The van der Waals surface area contributed by atoms with Gasteiger partial charge in [-0.15, -0.1) is 0 Å². The lowest BCUT2D eigenvalue weighted by atomic mass is 9.84. The molecule has 3 unspecified atom stereocenters. The first-order valence-corrected chi connectivity index (χ1v) is 18.7. The SMILES string of the molecule is Cc1c(C)c2c(c(C)c1OP(=O)(O)O)CCC(C)(CCCC(C)CCCC(C)CCCC(C)C)O2.OCCN(CCO)CCO. The first-order valence-electron chi connectivity index (χ1n) is 17.2. The smallest absolute Gasteiger partial charge is 0.487 e. The van der Waals surface area contributed by atoms with Crippen LogP contribution in [0.4, 0.5) is 0 Å². The number of rotatable bonds is 20. The summed E-state index contributed by atoms with van der Waals surface area (Å²) >= 11 is 0. The Balaban J connectivity index is 0.000000868. The highest BCUT2D eigenvalue weighted by Crippen LogP contribution is 2.48. The number of aliphatic hydroxyl groups excluding tert-OH is 3. The van der Waals surface area contributed by atoms with Gasteiger partial charge in [-0.2, -0.15) is 0 Å². The van der Waals surface area contributed by atoms with Crippen molar-refractivity contribution in [1.82, 2.24) is 4.90 Å². The number of ether oxygens (including phenoxy) is 1. The fraction of sp³-hybridized carbons (Fsp3) is 0.829. The van der Waals surface area contributed by atoms with Crippen LogP contribution in [0.3, 0.4) is 0 Å². The predicted octanol–water partition coefficient (Wildman–Crippen LogP) is 6.87. The van der Waals surface area contributed by atoms with Crippen molar-refractivity contribution in [2.75, 3.05) is 39.5 Å². The van der Waals surface area contributed by atoms with Crippen LogP contribution in [0.2, 0.25) is 0 Å². The number of phosphoric ester groups is 1. The van der Waals surface area contributed by atoms with Crippen molar-refractivity contribution in [3.8, 4) is 11.5 Å². The van der Waals surface area contributed by atoms with Gasteiger partial charge in [0.2, 0.25) is 0 Å². The Morgan fingerprint density at radius 1 is 0.800 bits per heavy atom. The van der Waals surface area contributed by atoms with Crippen molar-refractivity contribution in [2.24, 2.45) is 17.8 Å². The topological polar surface area (TPSA) is 140 Å². The second-order valence-corrected chi connectivity index (χ2v) is 15.2. The molecule has 0 amide bonds. The minimum absolute atomic E-state index is 0.0694. The number of phosphoric acid groups is 1. The molecule has 3 atom stereocenters. The second-order valence-electron chi connectivity index (χ2n) is 14.0. The van der Waals surface area contributed by atoms with Gasteiger partial charge < -0.3 is 24.6 Å². The van der Waals surface area contributed by atoms with Crippen LogP contribution >= 0.6 is 7.82 Å². The standard InChI is InChI=1S/C29H51O5P.C6H15NO3/c1-20(2)12-9-13-21(3)14-10-15-22(4)16-11-18-29(8)19-17-26-25(7)27(34-35(30,31)32)23(5)24(6)28(26)33-29;8-4-1-7(2-5-9)3-6-10/h20-22H,9-19H2,1-8H3,(H2,30,31,32);8-10H,1-6H2. The lowest BCUT2D eigenvalue weighted by molar-refractivity contribution is 0.0512. The summed E-state index contributed by atoms with van der Waals surface area (Å²) in [4.78, 5) is 20.5. The molecule has 1 heterocycles. The summed E-state index contributed by atoms with van der Waals surface area (Å²) in [6.45, 7) is 19.1. The molecule has 1 aliphatic rings. The number of nitrogens with zero attached hydrogens (tertiary/aromatic N) is 1. The van der Waals surface area contributed by atoms with Gasteiger partial charge in [0, 0.05) is 25.2 Å². The average Bonchev–Trinajstić information content (AvgIpc) is 2.94. The molecule has 0 saturated heterocycles. The molecule has 45 heavy (non-hydrogen) atoms. The minimum Gasteiger partial charge on any atom is -0.487 e. The Hall–Kier alpha value is -1.19. The van der Waals surface area contributed by atoms with E-state index in [1.54, 1.807) is 4.90 Å². The summed E-state index contributed by atoms with van der Waals surface area (Å²) in [7, 11) is -4.61. The van der Waals surface area contributed by atoms with E-state index in [0.717, 1.165) is 71.4 Å². The molecular formula is C35H66NO8P. The van der Waals surface area contributed by atoms with Crippen LogP contribution in [0, 0.1) is 38.5 Å². The highest BCUT2D eigenvalue weighted by Gasteiger charge is 2.35. The zero-order valence-electron chi connectivity index (χ0n) is 29.6. The molecule has 0 aliphatic carbocycles. The Morgan fingerprint density at radius 3 is 1.76 bits per heavy atom. The van der Waals surface area contributed by atoms with Crippen LogP contribution in [0.15, 0.2) is 0 Å². The fourth-order valence-corrected chi connectivity index (χ4v) is 6.79. The maximum atomic E-state index is 11.5. The van der Waals surface area contributed by atoms with Crippen LogP contribution in [0.1, 0.15) is 121 Å². The number of fused-ring (bicyclic) bond motifs is 1. The van der Waals surface area contributed by atoms with E-state index >= 15 is 0 Å². The molecule has 10 heteroatoms. The lowest BCUT2D eigenvalue weighted by Gasteiger charge is -2.38. The van der Waals surface area contributed by atoms with Crippen molar-refractivity contribution in [1.29, 1.82) is 0 Å². The molecular weight excluding hydrogens is 593 g/mol. The average molecular weight is 660 g/mol. The van der Waals surface area contributed by atoms with Gasteiger partial charge in [-0.05, 0) is 87.8 Å². The van der Waals surface area contributed by atoms with Gasteiger partial charge in [-0.25, -0.2) is 4.57 Å². The monoisotopic (exact) mass is 659 g/mol. The molecule has 5 N–H and O–H groups in total. The molecule has 0 spiro atoms. The molecule has 2 rings (SSSR count). The third kappa shape index (κ3) is 16.0. The first-order chi connectivity index (χ1) is 21.1. The molecule has 0 bridgehead atoms. The van der Waals surface area contributed by atoms with E-state index in [4.69, 9.17) is 24.6 Å². The van der Waals surface area contributed by atoms with Gasteiger partial charge >= 0.3 is 7.82 Å². The zero-order valence-corrected chi connectivity index (χ0v) is 30.5. The van der Waals surface area contributed by atoms with Crippen molar-refractivity contribution < 1.29 is 38.9 Å². The van der Waals surface area contributed by atoms with Gasteiger partial charge in [-0.1, -0.05) is 72.6 Å². The molecule has 1 aromatic rings. The second kappa shape index (κ2) is 20.9. The van der Waals surface area contributed by atoms with Crippen LogP contribution in [-0.2, 0) is 11.0 Å². The highest BCUT2D eigenvalue weighted by molar-refractivity contribution is 7.46. The van der Waals surface area contributed by atoms with Crippen LogP contribution in [-0.4, -0.2) is 75.1 Å². The summed E-state index contributed by atoms with van der Waals surface area (Å²) in [5.74, 6) is 3.59. The molecule has 0 saturated carbocycles. The zero-order chi connectivity index (χ0) is 34.2. The number of benzene rings is 1. The van der Waals surface area contributed by atoms with Gasteiger partial charge in [0.1, 0.15) is 17.1 Å². The van der Waals surface area contributed by atoms with E-state index in [2.05, 4.69) is 34.6 Å². The first kappa shape index (κ1) is 41.8. The highest BCUT2D eigenvalue weighted by atomic mass is 31.2. The normalized spacial score (nSPS) is 17.8. The largest absolute Gasteiger partial charge is 0.524 e. The summed E-state index contributed by atoms with van der Waals surface area (Å²) < 4.78 is 23.1. The number of hydrogen-bond donors (Lipinski definition) is 5. The predicted molar refractivity (Wildman–Crippen MR) is 183 cm³/mol. The van der Waals surface area contributed by atoms with Crippen molar-refractivity contribution >= 4 is 7.82 Å². The van der Waals surface area contributed by atoms with E-state index in [1.165, 1.54) is 44.9 Å². The van der Waals surface area contributed by atoms with E-state index in [1.807, 2.05) is 20.8 Å². The Kier molecular flexibility index (Phi) is 19.4. The molecule has 9 nitrogen and oxygen atoms in total. The maximum Gasteiger partial charge on any atom is 0.524 e. The molecule has 0 aromatic heterocycles. The summed E-state index contributed by atoms with van der Waals surface area (Å²) in [5.41, 5.74) is 3.24. The van der Waals surface area contributed by atoms with Crippen LogP contribution in [0.25, 0.3) is 0 Å². The van der Waals surface area contributed by atoms with E-state index in [0.29, 0.717) is 25.4 Å². The van der Waals surface area contributed by atoms with Gasteiger partial charge in [0.15, 0.2) is 0 Å².